The van der Waals surface area contributed by atoms with E-state index in [0.717, 1.165) is 10.4 Å². The quantitative estimate of drug-likeness (QED) is 0.476. The third kappa shape index (κ3) is 3.55. The Kier molecular flexibility index (Phi) is 4.52. The summed E-state index contributed by atoms with van der Waals surface area (Å²) in [6, 6.07) is 13.9. The maximum atomic E-state index is 12.7. The maximum absolute atomic E-state index is 12.7. The van der Waals surface area contributed by atoms with E-state index in [1.807, 2.05) is 13.0 Å². The number of hydrogen-bond donors (Lipinski definition) is 2. The zero-order valence-electron chi connectivity index (χ0n) is 16.2. The number of aromatic nitrogens is 1. The molecule has 1 aliphatic heterocycles. The van der Waals surface area contributed by atoms with Crippen molar-refractivity contribution in [2.45, 2.75) is 6.92 Å². The molecule has 0 radical (unpaired) electrons. The Morgan fingerprint density at radius 2 is 2.00 bits per heavy atom. The number of aryl methyl sites for hydroxylation is 1. The molecule has 0 unspecified atom stereocenters. The van der Waals surface area contributed by atoms with E-state index in [0.29, 0.717) is 33.2 Å². The van der Waals surface area contributed by atoms with E-state index in [1.54, 1.807) is 36.4 Å². The van der Waals surface area contributed by atoms with Gasteiger partial charge in [0.15, 0.2) is 11.7 Å². The van der Waals surface area contributed by atoms with E-state index >= 15 is 0 Å². The third-order valence-corrected chi connectivity index (χ3v) is 5.68. The second-order valence-corrected chi connectivity index (χ2v) is 8.11. The van der Waals surface area contributed by atoms with E-state index in [9.17, 15) is 14.4 Å². The Hall–Kier alpha value is -3.98. The topological polar surface area (TPSA) is 111 Å². The van der Waals surface area contributed by atoms with Crippen LogP contribution in [0.4, 0.5) is 10.8 Å². The van der Waals surface area contributed by atoms with Gasteiger partial charge in [-0.1, -0.05) is 18.2 Å². The van der Waals surface area contributed by atoms with Crippen LogP contribution in [0.25, 0.3) is 22.2 Å². The number of anilines is 2. The second-order valence-electron chi connectivity index (χ2n) is 6.91. The third-order valence-electron chi connectivity index (χ3n) is 4.79. The number of carbonyl (C=O) groups excluding carboxylic acids is 2. The van der Waals surface area contributed by atoms with Gasteiger partial charge in [0.05, 0.1) is 11.4 Å². The highest BCUT2D eigenvalue weighted by molar-refractivity contribution is 7.16. The average Bonchev–Trinajstić information content (AvgIpc) is 3.12. The summed E-state index contributed by atoms with van der Waals surface area (Å²) in [6.07, 6.45) is 0. The first-order chi connectivity index (χ1) is 15.0. The van der Waals surface area contributed by atoms with Gasteiger partial charge in [-0.05, 0) is 37.3 Å². The number of nitrogens with zero attached hydrogens (tertiary/aromatic N) is 1. The van der Waals surface area contributed by atoms with Crippen LogP contribution in [-0.4, -0.2) is 23.4 Å². The van der Waals surface area contributed by atoms with Gasteiger partial charge in [0, 0.05) is 15.8 Å². The van der Waals surface area contributed by atoms with E-state index in [1.165, 1.54) is 17.4 Å². The highest BCUT2D eigenvalue weighted by Gasteiger charge is 2.20. The van der Waals surface area contributed by atoms with E-state index in [-0.39, 0.29) is 18.1 Å². The number of benzene rings is 2. The Morgan fingerprint density at radius 3 is 2.87 bits per heavy atom. The van der Waals surface area contributed by atoms with Gasteiger partial charge in [-0.15, -0.1) is 11.3 Å². The Balaban J connectivity index is 1.43. The molecule has 3 heterocycles. The number of carbonyl (C=O) groups is 2. The summed E-state index contributed by atoms with van der Waals surface area (Å²) in [5.41, 5.74) is 1.61. The summed E-state index contributed by atoms with van der Waals surface area (Å²) in [5.74, 6) is -0.222. The molecule has 1 aliphatic rings. The monoisotopic (exact) mass is 433 g/mol. The molecule has 0 saturated heterocycles. The van der Waals surface area contributed by atoms with Gasteiger partial charge in [-0.2, -0.15) is 0 Å². The van der Waals surface area contributed by atoms with Crippen molar-refractivity contribution in [3.8, 4) is 17.0 Å². The Bertz CT molecular complexity index is 1420. The standard InChI is InChI=1S/C22H15N3O5S/c1-11-19(13-6-7-17-15(9-13)23-18(26)10-29-17)24-22(31-11)25-20(27)14-8-12-4-2-3-5-16(12)30-21(14)28/h2-9H,10H2,1H3,(H,23,26)(H,24,25,27). The minimum atomic E-state index is -0.713. The maximum Gasteiger partial charge on any atom is 0.349 e. The van der Waals surface area contributed by atoms with Crippen LogP contribution in [0, 0.1) is 6.92 Å². The first-order valence-corrected chi connectivity index (χ1v) is 10.2. The van der Waals surface area contributed by atoms with E-state index in [4.69, 9.17) is 9.15 Å². The zero-order chi connectivity index (χ0) is 21.5. The number of amides is 2. The molecule has 2 N–H and O–H groups in total. The van der Waals surface area contributed by atoms with Crippen LogP contribution in [-0.2, 0) is 4.79 Å². The Morgan fingerprint density at radius 1 is 1.16 bits per heavy atom. The lowest BCUT2D eigenvalue weighted by molar-refractivity contribution is -0.118. The predicted octanol–water partition coefficient (Wildman–Crippen LogP) is 3.81. The Labute approximate surface area is 179 Å². The second kappa shape index (κ2) is 7.37. The summed E-state index contributed by atoms with van der Waals surface area (Å²) in [7, 11) is 0. The van der Waals surface area contributed by atoms with Crippen LogP contribution in [0.3, 0.4) is 0 Å². The fourth-order valence-corrected chi connectivity index (χ4v) is 4.16. The highest BCUT2D eigenvalue weighted by atomic mass is 32.1. The molecule has 2 aromatic carbocycles. The average molecular weight is 433 g/mol. The van der Waals surface area contributed by atoms with Gasteiger partial charge in [0.2, 0.25) is 0 Å². The molecular weight excluding hydrogens is 418 g/mol. The summed E-state index contributed by atoms with van der Waals surface area (Å²) in [4.78, 5) is 41.9. The van der Waals surface area contributed by atoms with Crippen molar-refractivity contribution in [3.05, 3.63) is 69.4 Å². The molecule has 31 heavy (non-hydrogen) atoms. The molecule has 2 amide bonds. The molecule has 154 valence electrons. The summed E-state index contributed by atoms with van der Waals surface area (Å²) < 4.78 is 10.6. The molecule has 0 saturated carbocycles. The molecule has 5 rings (SSSR count). The number of hydrogen-bond acceptors (Lipinski definition) is 7. The van der Waals surface area contributed by atoms with Crippen LogP contribution in [0.5, 0.6) is 5.75 Å². The number of ether oxygens (including phenoxy) is 1. The van der Waals surface area contributed by atoms with E-state index in [2.05, 4.69) is 15.6 Å². The van der Waals surface area contributed by atoms with Gasteiger partial charge >= 0.3 is 5.63 Å². The van der Waals surface area contributed by atoms with Gasteiger partial charge in [-0.3, -0.25) is 14.9 Å². The molecule has 0 fully saturated rings. The lowest BCUT2D eigenvalue weighted by Crippen LogP contribution is -2.25. The molecule has 0 aliphatic carbocycles. The minimum Gasteiger partial charge on any atom is -0.482 e. The predicted molar refractivity (Wildman–Crippen MR) is 117 cm³/mol. The van der Waals surface area contributed by atoms with Crippen molar-refractivity contribution >= 4 is 44.9 Å². The van der Waals surface area contributed by atoms with Gasteiger partial charge < -0.3 is 14.5 Å². The molecule has 4 aromatic rings. The molecule has 0 bridgehead atoms. The van der Waals surface area contributed by atoms with Crippen LogP contribution in [0.15, 0.2) is 57.7 Å². The number of para-hydroxylation sites is 1. The number of rotatable bonds is 3. The van der Waals surface area contributed by atoms with Gasteiger partial charge in [-0.25, -0.2) is 9.78 Å². The van der Waals surface area contributed by atoms with Gasteiger partial charge in [0.25, 0.3) is 11.8 Å². The highest BCUT2D eigenvalue weighted by Crippen LogP contribution is 2.36. The van der Waals surface area contributed by atoms with Crippen LogP contribution in [0.2, 0.25) is 0 Å². The summed E-state index contributed by atoms with van der Waals surface area (Å²) in [5, 5.41) is 6.45. The smallest absolute Gasteiger partial charge is 0.349 e. The molecule has 2 aromatic heterocycles. The normalized spacial score (nSPS) is 12.7. The fraction of sp³-hybridized carbons (Fsp3) is 0.0909. The largest absolute Gasteiger partial charge is 0.482 e. The van der Waals surface area contributed by atoms with Gasteiger partial charge in [0.1, 0.15) is 16.9 Å². The van der Waals surface area contributed by atoms with Crippen molar-refractivity contribution in [2.75, 3.05) is 17.2 Å². The first-order valence-electron chi connectivity index (χ1n) is 9.37. The minimum absolute atomic E-state index is 0.0129. The van der Waals surface area contributed by atoms with Crippen molar-refractivity contribution in [1.82, 2.24) is 4.98 Å². The lowest BCUT2D eigenvalue weighted by atomic mass is 10.1. The van der Waals surface area contributed by atoms with Crippen molar-refractivity contribution in [3.63, 3.8) is 0 Å². The first kappa shape index (κ1) is 19.0. The number of fused-ring (bicyclic) bond motifs is 2. The van der Waals surface area contributed by atoms with Crippen molar-refractivity contribution in [2.24, 2.45) is 0 Å². The molecule has 8 nitrogen and oxygen atoms in total. The van der Waals surface area contributed by atoms with E-state index < -0.39 is 11.5 Å². The summed E-state index contributed by atoms with van der Waals surface area (Å²) >= 11 is 1.29. The zero-order valence-corrected chi connectivity index (χ0v) is 17.0. The number of thiazole rings is 1. The van der Waals surface area contributed by atoms with Crippen LogP contribution < -0.4 is 21.0 Å². The molecule has 0 atom stereocenters. The fourth-order valence-electron chi connectivity index (χ4n) is 3.33. The lowest BCUT2D eigenvalue weighted by Gasteiger charge is -2.18. The molecule has 0 spiro atoms. The SMILES string of the molecule is Cc1sc(NC(=O)c2cc3ccccc3oc2=O)nc1-c1ccc2c(c1)NC(=O)CO2. The van der Waals surface area contributed by atoms with Crippen LogP contribution >= 0.6 is 11.3 Å². The van der Waals surface area contributed by atoms with Crippen molar-refractivity contribution < 1.29 is 18.7 Å². The molecular formula is C22H15N3O5S. The van der Waals surface area contributed by atoms with Crippen LogP contribution in [0.1, 0.15) is 15.2 Å². The molecule has 9 heteroatoms. The number of nitrogens with one attached hydrogen (secondary N) is 2. The summed E-state index contributed by atoms with van der Waals surface area (Å²) in [6.45, 7) is 1.86. The van der Waals surface area contributed by atoms with Crippen molar-refractivity contribution in [1.29, 1.82) is 0 Å².